The molecule has 2 heterocycles. The smallest absolute Gasteiger partial charge is 0.367 e. The highest BCUT2D eigenvalue weighted by Gasteiger charge is 2.30. The number of alkyl halides is 3. The van der Waals surface area contributed by atoms with Crippen LogP contribution in [0.25, 0.3) is 16.9 Å². The molecule has 0 saturated heterocycles. The molecule has 0 radical (unpaired) electrons. The van der Waals surface area contributed by atoms with E-state index in [4.69, 9.17) is 4.98 Å². The molecular formula is C21H22F3N3. The Balaban J connectivity index is 1.77. The molecule has 0 amide bonds. The number of hydrogen-bond acceptors (Lipinski definition) is 2. The normalized spacial score (nSPS) is 16.0. The lowest BCUT2D eigenvalue weighted by atomic mass is 9.95. The molecule has 1 aromatic carbocycles. The molecule has 1 aliphatic rings. The van der Waals surface area contributed by atoms with Crippen molar-refractivity contribution in [2.45, 2.75) is 51.2 Å². The maximum absolute atomic E-state index is 12.9. The van der Waals surface area contributed by atoms with Gasteiger partial charge in [-0.3, -0.25) is 4.40 Å². The number of hydrogen-bond donors (Lipinski definition) is 1. The van der Waals surface area contributed by atoms with Crippen LogP contribution in [0.2, 0.25) is 0 Å². The molecular weight excluding hydrogens is 351 g/mol. The van der Waals surface area contributed by atoms with Gasteiger partial charge in [0, 0.05) is 17.8 Å². The van der Waals surface area contributed by atoms with Crippen molar-refractivity contribution in [1.82, 2.24) is 9.38 Å². The summed E-state index contributed by atoms with van der Waals surface area (Å²) in [5.41, 5.74) is 2.62. The fraction of sp³-hybridized carbons (Fsp3) is 0.381. The molecule has 0 atom stereocenters. The van der Waals surface area contributed by atoms with Gasteiger partial charge in [0.2, 0.25) is 0 Å². The van der Waals surface area contributed by atoms with Gasteiger partial charge in [0.1, 0.15) is 17.2 Å². The number of nitrogens with zero attached hydrogens (tertiary/aromatic N) is 2. The van der Waals surface area contributed by atoms with Crippen LogP contribution in [0.1, 0.15) is 43.2 Å². The van der Waals surface area contributed by atoms with Gasteiger partial charge in [0.15, 0.2) is 0 Å². The van der Waals surface area contributed by atoms with Gasteiger partial charge in [0.05, 0.1) is 5.56 Å². The highest BCUT2D eigenvalue weighted by molar-refractivity contribution is 5.77. The van der Waals surface area contributed by atoms with E-state index < -0.39 is 11.7 Å². The first kappa shape index (κ1) is 17.9. The predicted octanol–water partition coefficient (Wildman–Crippen LogP) is 6.07. The molecule has 142 valence electrons. The van der Waals surface area contributed by atoms with Crippen LogP contribution >= 0.6 is 0 Å². The number of nitrogens with one attached hydrogen (secondary N) is 1. The Morgan fingerprint density at radius 3 is 2.41 bits per heavy atom. The zero-order chi connectivity index (χ0) is 19.0. The predicted molar refractivity (Wildman–Crippen MR) is 101 cm³/mol. The third-order valence-electron chi connectivity index (χ3n) is 5.21. The molecule has 6 heteroatoms. The minimum atomic E-state index is -4.34. The summed E-state index contributed by atoms with van der Waals surface area (Å²) in [5.74, 6) is 0.858. The van der Waals surface area contributed by atoms with Crippen LogP contribution in [-0.4, -0.2) is 15.4 Å². The van der Waals surface area contributed by atoms with Crippen LogP contribution in [-0.2, 0) is 6.18 Å². The van der Waals surface area contributed by atoms with E-state index >= 15 is 0 Å². The van der Waals surface area contributed by atoms with Crippen LogP contribution in [0.5, 0.6) is 0 Å². The molecule has 2 aromatic heterocycles. The van der Waals surface area contributed by atoms with Crippen LogP contribution < -0.4 is 5.32 Å². The Bertz CT molecular complexity index is 936. The second-order valence-corrected chi connectivity index (χ2v) is 7.30. The van der Waals surface area contributed by atoms with Crippen molar-refractivity contribution in [3.63, 3.8) is 0 Å². The second-order valence-electron chi connectivity index (χ2n) is 7.30. The van der Waals surface area contributed by atoms with E-state index in [0.29, 0.717) is 17.3 Å². The SMILES string of the molecule is Cc1ccn2c(NC3CCCCC3)c(-c3ccc(C(F)(F)F)cc3)nc2c1. The molecule has 1 N–H and O–H groups in total. The third kappa shape index (κ3) is 3.66. The summed E-state index contributed by atoms with van der Waals surface area (Å²) in [4.78, 5) is 4.72. The van der Waals surface area contributed by atoms with E-state index in [1.807, 2.05) is 29.7 Å². The highest BCUT2D eigenvalue weighted by Crippen LogP contribution is 2.34. The number of aromatic nitrogens is 2. The monoisotopic (exact) mass is 373 g/mol. The van der Waals surface area contributed by atoms with Crippen LogP contribution in [0.15, 0.2) is 42.6 Å². The van der Waals surface area contributed by atoms with E-state index in [-0.39, 0.29) is 0 Å². The zero-order valence-electron chi connectivity index (χ0n) is 15.2. The first-order valence-corrected chi connectivity index (χ1v) is 9.35. The summed E-state index contributed by atoms with van der Waals surface area (Å²) in [6.07, 6.45) is 3.49. The average molecular weight is 373 g/mol. The molecule has 4 rings (SSSR count). The number of anilines is 1. The quantitative estimate of drug-likeness (QED) is 0.603. The molecule has 0 spiro atoms. The Hall–Kier alpha value is -2.50. The molecule has 1 aliphatic carbocycles. The van der Waals surface area contributed by atoms with Crippen molar-refractivity contribution in [3.05, 3.63) is 53.7 Å². The standard InChI is InChI=1S/C21H22F3N3/c1-14-11-12-27-18(13-14)26-19(20(27)25-17-5-3-2-4-6-17)15-7-9-16(10-8-15)21(22,23)24/h7-13,17,25H,2-6H2,1H3. The lowest BCUT2D eigenvalue weighted by Crippen LogP contribution is -2.23. The molecule has 0 unspecified atom stereocenters. The van der Waals surface area contributed by atoms with Crippen molar-refractivity contribution < 1.29 is 13.2 Å². The van der Waals surface area contributed by atoms with E-state index in [1.165, 1.54) is 31.4 Å². The first-order valence-electron chi connectivity index (χ1n) is 9.35. The van der Waals surface area contributed by atoms with Crippen LogP contribution in [0, 0.1) is 6.92 Å². The largest absolute Gasteiger partial charge is 0.416 e. The van der Waals surface area contributed by atoms with Crippen molar-refractivity contribution in [3.8, 4) is 11.3 Å². The van der Waals surface area contributed by atoms with Crippen molar-refractivity contribution in [2.75, 3.05) is 5.32 Å². The summed E-state index contributed by atoms with van der Waals surface area (Å²) in [7, 11) is 0. The van der Waals surface area contributed by atoms with E-state index in [1.54, 1.807) is 0 Å². The summed E-state index contributed by atoms with van der Waals surface area (Å²) in [6, 6.07) is 9.61. The van der Waals surface area contributed by atoms with Crippen LogP contribution in [0.3, 0.4) is 0 Å². The van der Waals surface area contributed by atoms with Gasteiger partial charge in [-0.2, -0.15) is 13.2 Å². The topological polar surface area (TPSA) is 29.3 Å². The number of benzene rings is 1. The second kappa shape index (κ2) is 6.91. The summed E-state index contributed by atoms with van der Waals surface area (Å²) >= 11 is 0. The van der Waals surface area contributed by atoms with Gasteiger partial charge in [-0.1, -0.05) is 31.4 Å². The van der Waals surface area contributed by atoms with Gasteiger partial charge in [-0.15, -0.1) is 0 Å². The molecule has 27 heavy (non-hydrogen) atoms. The van der Waals surface area contributed by atoms with E-state index in [9.17, 15) is 13.2 Å². The van der Waals surface area contributed by atoms with E-state index in [0.717, 1.165) is 42.0 Å². The fourth-order valence-electron chi connectivity index (χ4n) is 3.74. The van der Waals surface area contributed by atoms with Gasteiger partial charge in [-0.05, 0) is 49.6 Å². The number of pyridine rings is 1. The summed E-state index contributed by atoms with van der Waals surface area (Å²) in [6.45, 7) is 2.00. The first-order chi connectivity index (χ1) is 12.9. The minimum absolute atomic E-state index is 0.369. The number of rotatable bonds is 3. The minimum Gasteiger partial charge on any atom is -0.367 e. The zero-order valence-corrected chi connectivity index (χ0v) is 15.2. The maximum Gasteiger partial charge on any atom is 0.416 e. The molecule has 0 bridgehead atoms. The Morgan fingerprint density at radius 1 is 1.04 bits per heavy atom. The van der Waals surface area contributed by atoms with Gasteiger partial charge >= 0.3 is 6.18 Å². The highest BCUT2D eigenvalue weighted by atomic mass is 19.4. The number of aryl methyl sites for hydroxylation is 1. The molecule has 0 aliphatic heterocycles. The Kier molecular flexibility index (Phi) is 4.58. The lowest BCUT2D eigenvalue weighted by Gasteiger charge is -2.24. The molecule has 1 fully saturated rings. The van der Waals surface area contributed by atoms with Gasteiger partial charge < -0.3 is 5.32 Å². The maximum atomic E-state index is 12.9. The third-order valence-corrected chi connectivity index (χ3v) is 5.21. The molecule has 1 saturated carbocycles. The van der Waals surface area contributed by atoms with Crippen molar-refractivity contribution in [2.24, 2.45) is 0 Å². The molecule has 3 nitrogen and oxygen atoms in total. The van der Waals surface area contributed by atoms with E-state index in [2.05, 4.69) is 5.32 Å². The van der Waals surface area contributed by atoms with Crippen LogP contribution in [0.4, 0.5) is 19.0 Å². The fourth-order valence-corrected chi connectivity index (χ4v) is 3.74. The van der Waals surface area contributed by atoms with Gasteiger partial charge in [0.25, 0.3) is 0 Å². The molecule has 3 aromatic rings. The van der Waals surface area contributed by atoms with Gasteiger partial charge in [-0.25, -0.2) is 4.98 Å². The summed E-state index contributed by atoms with van der Waals surface area (Å²) < 4.78 is 40.7. The lowest BCUT2D eigenvalue weighted by molar-refractivity contribution is -0.137. The average Bonchev–Trinajstić information content (AvgIpc) is 2.99. The number of halogens is 3. The summed E-state index contributed by atoms with van der Waals surface area (Å²) in [5, 5.41) is 3.61. The Morgan fingerprint density at radius 2 is 1.74 bits per heavy atom. The Labute approximate surface area is 156 Å². The number of imidazole rings is 1. The van der Waals surface area contributed by atoms with Crippen molar-refractivity contribution in [1.29, 1.82) is 0 Å². The van der Waals surface area contributed by atoms with Crippen molar-refractivity contribution >= 4 is 11.5 Å². The number of fused-ring (bicyclic) bond motifs is 1.